The normalized spacial score (nSPS) is 10.7. The van der Waals surface area contributed by atoms with Crippen molar-refractivity contribution in [3.63, 3.8) is 0 Å². The number of hydrogen-bond donors (Lipinski definition) is 2. The van der Waals surface area contributed by atoms with Crippen LogP contribution in [0.2, 0.25) is 0 Å². The average Bonchev–Trinajstić information content (AvgIpc) is 2.83. The largest absolute Gasteiger partial charge is 0.505 e. The Labute approximate surface area is 106 Å². The van der Waals surface area contributed by atoms with Gasteiger partial charge in [-0.15, -0.1) is 5.10 Å². The van der Waals surface area contributed by atoms with Gasteiger partial charge in [-0.05, 0) is 24.3 Å². The summed E-state index contributed by atoms with van der Waals surface area (Å²) in [5.41, 5.74) is 0.961. The average molecular weight is 256 g/mol. The van der Waals surface area contributed by atoms with Gasteiger partial charge in [0.05, 0.1) is 5.52 Å². The predicted molar refractivity (Wildman–Crippen MR) is 65.3 cm³/mol. The summed E-state index contributed by atoms with van der Waals surface area (Å²) < 4.78 is 1.42. The fourth-order valence-corrected chi connectivity index (χ4v) is 1.75. The fraction of sp³-hybridized carbons (Fsp3) is 0. The number of rotatable bonds is 2. The number of aromatic hydroxyl groups is 1. The molecule has 7 heteroatoms. The van der Waals surface area contributed by atoms with Crippen molar-refractivity contribution >= 4 is 17.0 Å². The highest BCUT2D eigenvalue weighted by molar-refractivity contribution is 5.88. The zero-order chi connectivity index (χ0) is 13.4. The van der Waals surface area contributed by atoms with Crippen LogP contribution in [0.15, 0.2) is 36.4 Å². The van der Waals surface area contributed by atoms with Gasteiger partial charge in [-0.1, -0.05) is 17.3 Å². The lowest BCUT2D eigenvalue weighted by Gasteiger charge is -2.03. The monoisotopic (exact) mass is 256 g/mol. The SMILES string of the molecule is O=C(O)c1nc(-n2nnc3ccccc32)ccc1O. The molecule has 94 valence electrons. The van der Waals surface area contributed by atoms with E-state index in [4.69, 9.17) is 5.11 Å². The van der Waals surface area contributed by atoms with Gasteiger partial charge in [0.1, 0.15) is 11.3 Å². The minimum Gasteiger partial charge on any atom is -0.505 e. The number of aromatic carboxylic acids is 1. The number of pyridine rings is 1. The van der Waals surface area contributed by atoms with E-state index in [9.17, 15) is 9.90 Å². The standard InChI is InChI=1S/C12H8N4O3/c17-9-5-6-10(13-11(9)12(18)19)16-8-4-2-1-3-7(8)14-15-16/h1-6,17H,(H,18,19). The molecule has 0 saturated carbocycles. The van der Waals surface area contributed by atoms with E-state index < -0.39 is 11.7 Å². The van der Waals surface area contributed by atoms with Crippen LogP contribution in [0, 0.1) is 0 Å². The number of carboxylic acids is 1. The van der Waals surface area contributed by atoms with E-state index in [-0.39, 0.29) is 11.6 Å². The van der Waals surface area contributed by atoms with Gasteiger partial charge >= 0.3 is 5.97 Å². The molecular weight excluding hydrogens is 248 g/mol. The maximum absolute atomic E-state index is 10.9. The van der Waals surface area contributed by atoms with Gasteiger partial charge in [0.25, 0.3) is 0 Å². The van der Waals surface area contributed by atoms with Gasteiger partial charge < -0.3 is 10.2 Å². The first kappa shape index (κ1) is 11.1. The lowest BCUT2D eigenvalue weighted by atomic mass is 10.3. The smallest absolute Gasteiger partial charge is 0.358 e. The lowest BCUT2D eigenvalue weighted by Crippen LogP contribution is -2.06. The van der Waals surface area contributed by atoms with Crippen molar-refractivity contribution < 1.29 is 15.0 Å². The molecule has 2 aromatic heterocycles. The number of para-hydroxylation sites is 1. The molecule has 0 aliphatic rings. The Morgan fingerprint density at radius 1 is 1.16 bits per heavy atom. The lowest BCUT2D eigenvalue weighted by molar-refractivity contribution is 0.0687. The molecule has 0 radical (unpaired) electrons. The number of fused-ring (bicyclic) bond motifs is 1. The van der Waals surface area contributed by atoms with Crippen LogP contribution in [0.3, 0.4) is 0 Å². The van der Waals surface area contributed by atoms with Crippen LogP contribution in [-0.2, 0) is 0 Å². The zero-order valence-corrected chi connectivity index (χ0v) is 9.56. The molecule has 7 nitrogen and oxygen atoms in total. The highest BCUT2D eigenvalue weighted by Gasteiger charge is 2.14. The summed E-state index contributed by atoms with van der Waals surface area (Å²) >= 11 is 0. The second kappa shape index (κ2) is 4.05. The van der Waals surface area contributed by atoms with E-state index in [1.165, 1.54) is 16.8 Å². The van der Waals surface area contributed by atoms with Crippen LogP contribution in [0.4, 0.5) is 0 Å². The molecule has 0 atom stereocenters. The summed E-state index contributed by atoms with van der Waals surface area (Å²) in [7, 11) is 0. The Kier molecular flexibility index (Phi) is 2.38. The van der Waals surface area contributed by atoms with Crippen molar-refractivity contribution in [2.24, 2.45) is 0 Å². The summed E-state index contributed by atoms with van der Waals surface area (Å²) in [5.74, 6) is -1.41. The van der Waals surface area contributed by atoms with E-state index >= 15 is 0 Å². The van der Waals surface area contributed by atoms with Crippen LogP contribution in [0.1, 0.15) is 10.5 Å². The highest BCUT2D eigenvalue weighted by atomic mass is 16.4. The van der Waals surface area contributed by atoms with Crippen LogP contribution in [0.25, 0.3) is 16.9 Å². The highest BCUT2D eigenvalue weighted by Crippen LogP contribution is 2.19. The first-order valence-electron chi connectivity index (χ1n) is 5.41. The van der Waals surface area contributed by atoms with Crippen LogP contribution >= 0.6 is 0 Å². The molecule has 2 N–H and O–H groups in total. The molecule has 19 heavy (non-hydrogen) atoms. The van der Waals surface area contributed by atoms with E-state index in [0.717, 1.165) is 0 Å². The molecule has 0 spiro atoms. The van der Waals surface area contributed by atoms with E-state index in [0.29, 0.717) is 11.0 Å². The summed E-state index contributed by atoms with van der Waals surface area (Å²) in [5, 5.41) is 26.2. The van der Waals surface area contributed by atoms with E-state index in [2.05, 4.69) is 15.3 Å². The molecule has 0 bridgehead atoms. The van der Waals surface area contributed by atoms with Crippen molar-refractivity contribution in [1.82, 2.24) is 20.0 Å². The maximum atomic E-state index is 10.9. The number of aromatic nitrogens is 4. The van der Waals surface area contributed by atoms with Gasteiger partial charge in [0.2, 0.25) is 0 Å². The molecule has 0 amide bonds. The Morgan fingerprint density at radius 2 is 1.95 bits per heavy atom. The topological polar surface area (TPSA) is 101 Å². The van der Waals surface area contributed by atoms with Crippen LogP contribution in [0.5, 0.6) is 5.75 Å². The van der Waals surface area contributed by atoms with Crippen molar-refractivity contribution in [1.29, 1.82) is 0 Å². The molecule has 3 rings (SSSR count). The quantitative estimate of drug-likeness (QED) is 0.714. The zero-order valence-electron chi connectivity index (χ0n) is 9.56. The first-order chi connectivity index (χ1) is 9.16. The molecule has 3 aromatic rings. The van der Waals surface area contributed by atoms with Gasteiger partial charge in [-0.25, -0.2) is 9.78 Å². The van der Waals surface area contributed by atoms with Crippen molar-refractivity contribution in [2.75, 3.05) is 0 Å². The molecule has 0 aliphatic heterocycles. The van der Waals surface area contributed by atoms with Crippen molar-refractivity contribution in [2.45, 2.75) is 0 Å². The molecule has 0 unspecified atom stereocenters. The van der Waals surface area contributed by atoms with E-state index in [1.807, 2.05) is 12.1 Å². The van der Waals surface area contributed by atoms with Crippen molar-refractivity contribution in [3.05, 3.63) is 42.1 Å². The fourth-order valence-electron chi connectivity index (χ4n) is 1.75. The Hall–Kier alpha value is -2.96. The molecular formula is C12H8N4O3. The maximum Gasteiger partial charge on any atom is 0.358 e. The molecule has 2 heterocycles. The molecule has 0 fully saturated rings. The minimum atomic E-state index is -1.30. The summed E-state index contributed by atoms with van der Waals surface area (Å²) in [6.07, 6.45) is 0. The second-order valence-electron chi connectivity index (χ2n) is 3.83. The summed E-state index contributed by atoms with van der Waals surface area (Å²) in [6, 6.07) is 9.97. The predicted octanol–water partition coefficient (Wildman–Crippen LogP) is 1.22. The van der Waals surface area contributed by atoms with Gasteiger partial charge in [-0.3, -0.25) is 0 Å². The van der Waals surface area contributed by atoms with Gasteiger partial charge in [-0.2, -0.15) is 4.68 Å². The minimum absolute atomic E-state index is 0.281. The number of hydrogen-bond acceptors (Lipinski definition) is 5. The third-order valence-electron chi connectivity index (χ3n) is 2.63. The molecule has 0 saturated heterocycles. The van der Waals surface area contributed by atoms with Crippen LogP contribution < -0.4 is 0 Å². The van der Waals surface area contributed by atoms with Gasteiger partial charge in [0, 0.05) is 0 Å². The first-order valence-corrected chi connectivity index (χ1v) is 5.41. The number of carboxylic acid groups (broad SMARTS) is 1. The molecule has 1 aromatic carbocycles. The Bertz CT molecular complexity index is 781. The number of carbonyl (C=O) groups is 1. The van der Waals surface area contributed by atoms with Gasteiger partial charge in [0.15, 0.2) is 11.5 Å². The third kappa shape index (κ3) is 1.77. The summed E-state index contributed by atoms with van der Waals surface area (Å²) in [4.78, 5) is 14.8. The van der Waals surface area contributed by atoms with E-state index in [1.54, 1.807) is 12.1 Å². The third-order valence-corrected chi connectivity index (χ3v) is 2.63. The Morgan fingerprint density at radius 3 is 2.74 bits per heavy atom. The summed E-state index contributed by atoms with van der Waals surface area (Å²) in [6.45, 7) is 0. The van der Waals surface area contributed by atoms with Crippen molar-refractivity contribution in [3.8, 4) is 11.6 Å². The van der Waals surface area contributed by atoms with Crippen LogP contribution in [-0.4, -0.2) is 36.2 Å². The Balaban J connectivity index is 2.22. The number of benzene rings is 1. The second-order valence-corrected chi connectivity index (χ2v) is 3.83. The molecule has 0 aliphatic carbocycles. The number of nitrogens with zero attached hydrogens (tertiary/aromatic N) is 4.